The quantitative estimate of drug-likeness (QED) is 0.475. The zero-order chi connectivity index (χ0) is 21.0. The number of benzene rings is 2. The molecule has 1 aliphatic heterocycles. The highest BCUT2D eigenvalue weighted by atomic mass is 16.6. The van der Waals surface area contributed by atoms with Gasteiger partial charge < -0.3 is 19.5 Å². The Morgan fingerprint density at radius 1 is 1.07 bits per heavy atom. The zero-order valence-corrected chi connectivity index (χ0v) is 16.0. The van der Waals surface area contributed by atoms with Crippen LogP contribution in [0.1, 0.15) is 25.0 Å². The Labute approximate surface area is 166 Å². The Bertz CT molecular complexity index is 1040. The normalized spacial score (nSPS) is 14.2. The van der Waals surface area contributed by atoms with E-state index in [1.165, 1.54) is 21.0 Å². The molecule has 148 valence electrons. The van der Waals surface area contributed by atoms with Gasteiger partial charge in [0.05, 0.1) is 7.11 Å². The average Bonchev–Trinajstić information content (AvgIpc) is 3.03. The summed E-state index contributed by atoms with van der Waals surface area (Å²) in [6.07, 6.45) is 1.54. The number of carbonyl (C=O) groups excluding carboxylic acids is 3. The van der Waals surface area contributed by atoms with Crippen LogP contribution in [0.2, 0.25) is 0 Å². The molecule has 0 spiro atoms. The first-order valence-corrected chi connectivity index (χ1v) is 8.63. The van der Waals surface area contributed by atoms with Gasteiger partial charge in [0.1, 0.15) is 0 Å². The minimum atomic E-state index is -0.589. The first-order chi connectivity index (χ1) is 13.9. The summed E-state index contributed by atoms with van der Waals surface area (Å²) in [6, 6.07) is 11.6. The molecule has 0 saturated carbocycles. The first kappa shape index (κ1) is 19.8. The Morgan fingerprint density at radius 2 is 1.79 bits per heavy atom. The fourth-order valence-corrected chi connectivity index (χ4v) is 2.60. The third kappa shape index (κ3) is 4.86. The van der Waals surface area contributed by atoms with Crippen molar-refractivity contribution in [3.63, 3.8) is 0 Å². The molecule has 0 aliphatic carbocycles. The lowest BCUT2D eigenvalue weighted by molar-refractivity contribution is -0.132. The highest BCUT2D eigenvalue weighted by molar-refractivity contribution is 6.13. The van der Waals surface area contributed by atoms with Gasteiger partial charge >= 0.3 is 11.9 Å². The first-order valence-electron chi connectivity index (χ1n) is 8.63. The van der Waals surface area contributed by atoms with Crippen molar-refractivity contribution in [2.24, 2.45) is 4.99 Å². The number of rotatable bonds is 5. The number of carbonyl (C=O) groups is 3. The molecule has 0 atom stereocenters. The maximum Gasteiger partial charge on any atom is 0.363 e. The van der Waals surface area contributed by atoms with E-state index in [-0.39, 0.29) is 23.3 Å². The molecule has 0 unspecified atom stereocenters. The lowest BCUT2D eigenvalue weighted by Gasteiger charge is -2.08. The molecular weight excluding hydrogens is 376 g/mol. The summed E-state index contributed by atoms with van der Waals surface area (Å²) in [4.78, 5) is 38.7. The number of ether oxygens (including phenoxy) is 3. The summed E-state index contributed by atoms with van der Waals surface area (Å²) in [5, 5.41) is 2.66. The topological polar surface area (TPSA) is 103 Å². The molecule has 29 heavy (non-hydrogen) atoms. The van der Waals surface area contributed by atoms with E-state index in [0.29, 0.717) is 22.6 Å². The van der Waals surface area contributed by atoms with E-state index in [4.69, 9.17) is 14.2 Å². The van der Waals surface area contributed by atoms with Crippen LogP contribution in [-0.4, -0.2) is 30.9 Å². The van der Waals surface area contributed by atoms with Gasteiger partial charge in [0, 0.05) is 25.1 Å². The minimum absolute atomic E-state index is 0.119. The number of esters is 2. The lowest BCUT2D eigenvalue weighted by Crippen LogP contribution is -2.07. The fourth-order valence-electron chi connectivity index (χ4n) is 2.60. The third-order valence-electron chi connectivity index (χ3n) is 3.82. The van der Waals surface area contributed by atoms with Gasteiger partial charge in [0.25, 0.3) is 0 Å². The molecule has 0 saturated heterocycles. The van der Waals surface area contributed by atoms with Crippen LogP contribution < -0.4 is 14.8 Å². The molecule has 0 bridgehead atoms. The minimum Gasteiger partial charge on any atom is -0.493 e. The van der Waals surface area contributed by atoms with Gasteiger partial charge in [-0.05, 0) is 48.0 Å². The number of nitrogens with zero attached hydrogens (tertiary/aromatic N) is 1. The number of nitrogens with one attached hydrogen (secondary N) is 1. The average molecular weight is 394 g/mol. The number of anilines is 1. The van der Waals surface area contributed by atoms with Crippen LogP contribution in [0.3, 0.4) is 0 Å². The van der Waals surface area contributed by atoms with Crippen molar-refractivity contribution in [1.29, 1.82) is 0 Å². The van der Waals surface area contributed by atoms with E-state index in [1.54, 1.807) is 48.5 Å². The Balaban J connectivity index is 1.84. The molecule has 1 aliphatic rings. The van der Waals surface area contributed by atoms with Crippen LogP contribution in [0, 0.1) is 0 Å². The number of hydrogen-bond acceptors (Lipinski definition) is 7. The zero-order valence-electron chi connectivity index (χ0n) is 16.0. The Hall–Kier alpha value is -3.94. The molecule has 0 radical (unpaired) electrons. The standard InChI is InChI=1S/C21H18N2O6/c1-12(24)22-16-7-5-15(6-8-16)20-23-17(21(26)29-20)10-14-4-9-18(28-13(2)25)19(11-14)27-3/h4-11H,1-3H3,(H,22,24)/b17-10-. The van der Waals surface area contributed by atoms with Gasteiger partial charge in [0.15, 0.2) is 17.2 Å². The molecule has 1 amide bonds. The van der Waals surface area contributed by atoms with E-state index in [1.807, 2.05) is 0 Å². The molecule has 2 aromatic rings. The van der Waals surface area contributed by atoms with E-state index in [2.05, 4.69) is 10.3 Å². The van der Waals surface area contributed by atoms with Crippen LogP contribution >= 0.6 is 0 Å². The highest BCUT2D eigenvalue weighted by Crippen LogP contribution is 2.30. The number of amides is 1. The largest absolute Gasteiger partial charge is 0.493 e. The van der Waals surface area contributed by atoms with Crippen molar-refractivity contribution < 1.29 is 28.6 Å². The number of cyclic esters (lactones) is 1. The number of aliphatic imine (C=N–C) groups is 1. The summed E-state index contributed by atoms with van der Waals surface area (Å²) in [5.41, 5.74) is 1.96. The number of methoxy groups -OCH3 is 1. The molecule has 0 aromatic heterocycles. The van der Waals surface area contributed by atoms with E-state index in [9.17, 15) is 14.4 Å². The summed E-state index contributed by atoms with van der Waals surface area (Å²) in [6.45, 7) is 2.71. The molecule has 2 aromatic carbocycles. The van der Waals surface area contributed by atoms with Gasteiger partial charge in [-0.2, -0.15) is 0 Å². The van der Waals surface area contributed by atoms with Crippen molar-refractivity contribution in [1.82, 2.24) is 0 Å². The van der Waals surface area contributed by atoms with E-state index >= 15 is 0 Å². The van der Waals surface area contributed by atoms with Crippen LogP contribution in [0.25, 0.3) is 6.08 Å². The molecule has 1 N–H and O–H groups in total. The highest BCUT2D eigenvalue weighted by Gasteiger charge is 2.24. The summed E-state index contributed by atoms with van der Waals surface area (Å²) >= 11 is 0. The molecule has 1 heterocycles. The second-order valence-electron chi connectivity index (χ2n) is 6.10. The van der Waals surface area contributed by atoms with Gasteiger partial charge in [-0.3, -0.25) is 9.59 Å². The van der Waals surface area contributed by atoms with Crippen LogP contribution in [0.15, 0.2) is 53.2 Å². The fraction of sp³-hybridized carbons (Fsp3) is 0.143. The summed E-state index contributed by atoms with van der Waals surface area (Å²) < 4.78 is 15.5. The van der Waals surface area contributed by atoms with Crippen molar-refractivity contribution in [3.8, 4) is 11.5 Å². The number of hydrogen-bond donors (Lipinski definition) is 1. The van der Waals surface area contributed by atoms with Crippen LogP contribution in [0.4, 0.5) is 5.69 Å². The predicted molar refractivity (Wildman–Crippen MR) is 106 cm³/mol. The van der Waals surface area contributed by atoms with Crippen molar-refractivity contribution in [2.45, 2.75) is 13.8 Å². The maximum atomic E-state index is 12.2. The van der Waals surface area contributed by atoms with E-state index < -0.39 is 11.9 Å². The molecule has 8 heteroatoms. The molecular formula is C21H18N2O6. The molecule has 0 fully saturated rings. The maximum absolute atomic E-state index is 12.2. The molecule has 3 rings (SSSR count). The summed E-state index contributed by atoms with van der Waals surface area (Å²) in [7, 11) is 1.45. The van der Waals surface area contributed by atoms with Crippen LogP contribution in [0.5, 0.6) is 11.5 Å². The lowest BCUT2D eigenvalue weighted by atomic mass is 10.1. The van der Waals surface area contributed by atoms with E-state index in [0.717, 1.165) is 0 Å². The van der Waals surface area contributed by atoms with Crippen molar-refractivity contribution in [2.75, 3.05) is 12.4 Å². The monoisotopic (exact) mass is 394 g/mol. The van der Waals surface area contributed by atoms with Gasteiger partial charge in [-0.25, -0.2) is 9.79 Å². The van der Waals surface area contributed by atoms with Gasteiger partial charge in [-0.15, -0.1) is 0 Å². The van der Waals surface area contributed by atoms with Crippen LogP contribution in [-0.2, 0) is 19.1 Å². The second kappa shape index (κ2) is 8.39. The smallest absolute Gasteiger partial charge is 0.363 e. The third-order valence-corrected chi connectivity index (χ3v) is 3.82. The summed E-state index contributed by atoms with van der Waals surface area (Å²) in [5.74, 6) is -0.443. The van der Waals surface area contributed by atoms with Crippen molar-refractivity contribution in [3.05, 3.63) is 59.3 Å². The van der Waals surface area contributed by atoms with Gasteiger partial charge in [0.2, 0.25) is 11.8 Å². The molecule has 8 nitrogen and oxygen atoms in total. The SMILES string of the molecule is COc1cc(/C=C2\N=C(c3ccc(NC(C)=O)cc3)OC2=O)ccc1OC(C)=O. The van der Waals surface area contributed by atoms with Gasteiger partial charge in [-0.1, -0.05) is 6.07 Å². The Kier molecular flexibility index (Phi) is 5.73. The second-order valence-corrected chi connectivity index (χ2v) is 6.10. The predicted octanol–water partition coefficient (Wildman–Crippen LogP) is 2.92. The van der Waals surface area contributed by atoms with Crippen molar-refractivity contribution >= 4 is 35.5 Å². The Morgan fingerprint density at radius 3 is 2.41 bits per heavy atom.